The molecule has 0 aromatic heterocycles. The van der Waals surface area contributed by atoms with Crippen molar-refractivity contribution in [1.82, 2.24) is 9.80 Å². The number of carbonyl (C=O) groups is 1. The van der Waals surface area contributed by atoms with Gasteiger partial charge >= 0.3 is 5.97 Å². The molecule has 0 spiro atoms. The topological polar surface area (TPSA) is 69.8 Å². The van der Waals surface area contributed by atoms with E-state index in [1.807, 2.05) is 0 Å². The number of likely N-dealkylation sites (tertiary alicyclic amines) is 2. The molecular weight excluding hydrogens is 218 g/mol. The van der Waals surface area contributed by atoms with Crippen molar-refractivity contribution in [3.05, 3.63) is 0 Å². The molecule has 0 saturated carbocycles. The summed E-state index contributed by atoms with van der Waals surface area (Å²) in [4.78, 5) is 15.7. The Balaban J connectivity index is 1.66. The summed E-state index contributed by atoms with van der Waals surface area (Å²) in [5, 5.41) is 9.03. The summed E-state index contributed by atoms with van der Waals surface area (Å²) in [5.41, 5.74) is 4.83. The van der Waals surface area contributed by atoms with Gasteiger partial charge in [-0.3, -0.25) is 4.79 Å². The average Bonchev–Trinajstić information content (AvgIpc) is 2.89. The Bertz CT molecular complexity index is 279. The van der Waals surface area contributed by atoms with E-state index in [4.69, 9.17) is 10.8 Å². The van der Waals surface area contributed by atoms with Crippen LogP contribution in [0, 0.1) is 0 Å². The second-order valence-corrected chi connectivity index (χ2v) is 5.39. The van der Waals surface area contributed by atoms with Gasteiger partial charge in [0.15, 0.2) is 0 Å². The predicted octanol–water partition coefficient (Wildman–Crippen LogP) is -0.0399. The second kappa shape index (κ2) is 5.33. The molecule has 0 amide bonds. The minimum atomic E-state index is -1.01. The van der Waals surface area contributed by atoms with Crippen molar-refractivity contribution in [3.8, 4) is 0 Å². The molecule has 0 aromatic rings. The number of nitrogens with two attached hydrogens (primary N) is 1. The first kappa shape index (κ1) is 12.8. The van der Waals surface area contributed by atoms with Crippen LogP contribution in [0.1, 0.15) is 25.7 Å². The van der Waals surface area contributed by atoms with Crippen LogP contribution in [-0.4, -0.2) is 65.7 Å². The van der Waals surface area contributed by atoms with Crippen LogP contribution >= 0.6 is 0 Å². The van der Waals surface area contributed by atoms with Crippen molar-refractivity contribution in [2.24, 2.45) is 5.73 Å². The highest BCUT2D eigenvalue weighted by molar-refractivity contribution is 5.79. The fourth-order valence-electron chi connectivity index (χ4n) is 2.80. The van der Waals surface area contributed by atoms with Gasteiger partial charge < -0.3 is 20.6 Å². The number of hydrogen-bond donors (Lipinski definition) is 2. The summed E-state index contributed by atoms with van der Waals surface area (Å²) in [5.74, 6) is -0.862. The summed E-state index contributed by atoms with van der Waals surface area (Å²) in [6.45, 7) is 5.90. The van der Waals surface area contributed by atoms with Gasteiger partial charge in [0.05, 0.1) is 0 Å². The van der Waals surface area contributed by atoms with Gasteiger partial charge in [0.2, 0.25) is 0 Å². The Morgan fingerprint density at radius 3 is 2.41 bits per heavy atom. The van der Waals surface area contributed by atoms with Crippen molar-refractivity contribution in [2.75, 3.05) is 39.3 Å². The number of nitrogens with zero attached hydrogens (tertiary/aromatic N) is 2. The van der Waals surface area contributed by atoms with Gasteiger partial charge in [-0.05, 0) is 51.9 Å². The van der Waals surface area contributed by atoms with Crippen molar-refractivity contribution in [2.45, 2.75) is 31.2 Å². The number of rotatable bonds is 5. The van der Waals surface area contributed by atoms with E-state index in [1.54, 1.807) is 0 Å². The zero-order valence-corrected chi connectivity index (χ0v) is 10.4. The Morgan fingerprint density at radius 2 is 1.82 bits per heavy atom. The average molecular weight is 241 g/mol. The molecule has 0 aromatic carbocycles. The van der Waals surface area contributed by atoms with Gasteiger partial charge in [0, 0.05) is 13.1 Å². The number of carboxylic acid groups (broad SMARTS) is 1. The molecule has 2 fully saturated rings. The molecule has 2 rings (SSSR count). The number of carboxylic acids is 1. The highest BCUT2D eigenvalue weighted by atomic mass is 16.4. The molecule has 2 heterocycles. The second-order valence-electron chi connectivity index (χ2n) is 5.39. The molecule has 1 atom stereocenters. The first-order valence-electron chi connectivity index (χ1n) is 6.57. The lowest BCUT2D eigenvalue weighted by Crippen LogP contribution is -2.50. The van der Waals surface area contributed by atoms with E-state index in [2.05, 4.69) is 9.80 Å². The third kappa shape index (κ3) is 3.18. The lowest BCUT2D eigenvalue weighted by molar-refractivity contribution is -0.142. The van der Waals surface area contributed by atoms with Crippen molar-refractivity contribution in [1.29, 1.82) is 0 Å². The van der Waals surface area contributed by atoms with E-state index in [9.17, 15) is 4.79 Å². The summed E-state index contributed by atoms with van der Waals surface area (Å²) in [6.07, 6.45) is 4.35. The van der Waals surface area contributed by atoms with Crippen LogP contribution in [0.25, 0.3) is 0 Å². The molecule has 1 unspecified atom stereocenters. The predicted molar refractivity (Wildman–Crippen MR) is 65.9 cm³/mol. The molecule has 5 heteroatoms. The van der Waals surface area contributed by atoms with E-state index in [1.165, 1.54) is 25.9 Å². The summed E-state index contributed by atoms with van der Waals surface area (Å²) in [6, 6.07) is 0. The molecule has 98 valence electrons. The minimum Gasteiger partial charge on any atom is -0.480 e. The summed E-state index contributed by atoms with van der Waals surface area (Å²) >= 11 is 0. The first-order chi connectivity index (χ1) is 8.10. The summed E-state index contributed by atoms with van der Waals surface area (Å²) < 4.78 is 0. The van der Waals surface area contributed by atoms with Crippen LogP contribution in [0.5, 0.6) is 0 Å². The van der Waals surface area contributed by atoms with Gasteiger partial charge in [0.1, 0.15) is 5.54 Å². The maximum Gasteiger partial charge on any atom is 0.325 e. The largest absolute Gasteiger partial charge is 0.480 e. The Morgan fingerprint density at radius 1 is 1.18 bits per heavy atom. The maximum absolute atomic E-state index is 11.0. The normalized spacial score (nSPS) is 31.1. The Labute approximate surface area is 103 Å². The highest BCUT2D eigenvalue weighted by Crippen LogP contribution is 2.19. The third-order valence-corrected chi connectivity index (χ3v) is 3.95. The molecule has 0 bridgehead atoms. The van der Waals surface area contributed by atoms with Gasteiger partial charge in [0.25, 0.3) is 0 Å². The van der Waals surface area contributed by atoms with E-state index < -0.39 is 11.5 Å². The zero-order valence-electron chi connectivity index (χ0n) is 10.4. The minimum absolute atomic E-state index is 0.502. The highest BCUT2D eigenvalue weighted by Gasteiger charge is 2.40. The van der Waals surface area contributed by atoms with Gasteiger partial charge in [-0.25, -0.2) is 0 Å². The van der Waals surface area contributed by atoms with Crippen LogP contribution in [0.2, 0.25) is 0 Å². The quantitative estimate of drug-likeness (QED) is 0.707. The Hall–Kier alpha value is -0.650. The van der Waals surface area contributed by atoms with Crippen molar-refractivity contribution >= 4 is 5.97 Å². The lowest BCUT2D eigenvalue weighted by Gasteiger charge is -2.21. The maximum atomic E-state index is 11.0. The van der Waals surface area contributed by atoms with Crippen LogP contribution in [0.3, 0.4) is 0 Å². The monoisotopic (exact) mass is 241 g/mol. The number of hydrogen-bond acceptors (Lipinski definition) is 4. The molecule has 2 aliphatic rings. The summed E-state index contributed by atoms with van der Waals surface area (Å²) in [7, 11) is 0. The molecule has 17 heavy (non-hydrogen) atoms. The van der Waals surface area contributed by atoms with E-state index >= 15 is 0 Å². The van der Waals surface area contributed by atoms with Gasteiger partial charge in [-0.2, -0.15) is 0 Å². The smallest absolute Gasteiger partial charge is 0.325 e. The molecule has 0 radical (unpaired) electrons. The first-order valence-corrected chi connectivity index (χ1v) is 6.57. The zero-order chi connectivity index (χ0) is 12.3. The van der Waals surface area contributed by atoms with Crippen molar-refractivity contribution in [3.63, 3.8) is 0 Å². The van der Waals surface area contributed by atoms with Crippen LogP contribution in [0.4, 0.5) is 0 Å². The molecule has 0 aliphatic carbocycles. The van der Waals surface area contributed by atoms with Crippen LogP contribution in [-0.2, 0) is 4.79 Å². The van der Waals surface area contributed by atoms with Gasteiger partial charge in [-0.1, -0.05) is 0 Å². The molecular formula is C12H23N3O2. The van der Waals surface area contributed by atoms with E-state index in [0.717, 1.165) is 26.1 Å². The van der Waals surface area contributed by atoms with E-state index in [0.29, 0.717) is 13.0 Å². The molecule has 2 aliphatic heterocycles. The van der Waals surface area contributed by atoms with Crippen molar-refractivity contribution < 1.29 is 9.90 Å². The van der Waals surface area contributed by atoms with E-state index in [-0.39, 0.29) is 0 Å². The number of aliphatic carboxylic acids is 1. The molecule has 3 N–H and O–H groups in total. The molecule has 5 nitrogen and oxygen atoms in total. The lowest BCUT2D eigenvalue weighted by atomic mass is 10.0. The van der Waals surface area contributed by atoms with Crippen LogP contribution < -0.4 is 5.73 Å². The fraction of sp³-hybridized carbons (Fsp3) is 0.917. The standard InChI is InChI=1S/C12H23N3O2/c13-12(11(16)17)4-9-15(10-12)8-3-7-14-5-1-2-6-14/h1-10,13H2,(H,16,17). The third-order valence-electron chi connectivity index (χ3n) is 3.95. The SMILES string of the molecule is NC1(C(=O)O)CCN(CCCN2CCCC2)C1. The Kier molecular flexibility index (Phi) is 4.01. The van der Waals surface area contributed by atoms with Crippen LogP contribution in [0.15, 0.2) is 0 Å². The fourth-order valence-corrected chi connectivity index (χ4v) is 2.80. The van der Waals surface area contributed by atoms with Gasteiger partial charge in [-0.15, -0.1) is 0 Å². The molecule has 2 saturated heterocycles.